The van der Waals surface area contributed by atoms with Crippen molar-refractivity contribution in [2.45, 2.75) is 13.0 Å². The topological polar surface area (TPSA) is 80.8 Å². The summed E-state index contributed by atoms with van der Waals surface area (Å²) in [6, 6.07) is 5.48. The number of nitrogens with zero attached hydrogens (tertiary/aromatic N) is 2. The first-order chi connectivity index (χ1) is 12.5. The van der Waals surface area contributed by atoms with E-state index in [1.54, 1.807) is 24.6 Å². The minimum absolute atomic E-state index is 0.101. The van der Waals surface area contributed by atoms with Crippen LogP contribution in [0.1, 0.15) is 21.9 Å². The highest BCUT2D eigenvalue weighted by atomic mass is 32.1. The lowest BCUT2D eigenvalue weighted by Gasteiger charge is -2.22. The lowest BCUT2D eigenvalue weighted by Crippen LogP contribution is -2.36. The number of aromatic nitrogens is 1. The minimum Gasteiger partial charge on any atom is -0.464 e. The molecule has 1 heterocycles. The average Bonchev–Trinajstić information content (AvgIpc) is 3.11. The van der Waals surface area contributed by atoms with Crippen LogP contribution in [0.4, 0.5) is 14.9 Å². The van der Waals surface area contributed by atoms with Crippen molar-refractivity contribution in [3.63, 3.8) is 0 Å². The molecule has 0 spiro atoms. The Hall–Kier alpha value is -2.52. The Bertz CT molecular complexity index is 753. The Morgan fingerprint density at radius 2 is 2.08 bits per heavy atom. The van der Waals surface area contributed by atoms with Crippen molar-refractivity contribution in [3.8, 4) is 0 Å². The molecule has 0 aliphatic heterocycles. The van der Waals surface area contributed by atoms with Gasteiger partial charge in [0.1, 0.15) is 10.8 Å². The van der Waals surface area contributed by atoms with Gasteiger partial charge in [-0.1, -0.05) is 12.1 Å². The first-order valence-corrected chi connectivity index (χ1v) is 8.75. The zero-order valence-corrected chi connectivity index (χ0v) is 15.3. The number of benzene rings is 1. The van der Waals surface area contributed by atoms with E-state index in [2.05, 4.69) is 15.0 Å². The van der Waals surface area contributed by atoms with E-state index < -0.39 is 17.8 Å². The molecule has 140 valence electrons. The maximum absolute atomic E-state index is 13.8. The van der Waals surface area contributed by atoms with Crippen molar-refractivity contribution >= 4 is 29.0 Å². The molecule has 0 unspecified atom stereocenters. The number of carbonyl (C=O) groups excluding carboxylic acids is 2. The van der Waals surface area contributed by atoms with Crippen LogP contribution < -0.4 is 5.32 Å². The molecule has 1 aromatic heterocycles. The van der Waals surface area contributed by atoms with Gasteiger partial charge in [-0.25, -0.2) is 19.0 Å². The summed E-state index contributed by atoms with van der Waals surface area (Å²) in [5.41, 5.74) is 0.294. The molecular formula is C17H20FN3O4S. The summed E-state index contributed by atoms with van der Waals surface area (Å²) in [4.78, 5) is 29.7. The number of para-hydroxylation sites is 1. The van der Waals surface area contributed by atoms with E-state index in [1.807, 2.05) is 0 Å². The highest BCUT2D eigenvalue weighted by Gasteiger charge is 2.18. The van der Waals surface area contributed by atoms with Crippen molar-refractivity contribution < 1.29 is 23.5 Å². The van der Waals surface area contributed by atoms with Crippen molar-refractivity contribution in [3.05, 3.63) is 46.2 Å². The molecule has 7 nitrogen and oxygen atoms in total. The Morgan fingerprint density at radius 1 is 1.31 bits per heavy atom. The SMILES string of the molecule is COCCCN(Cc1nc(C(=O)OC)cs1)C(=O)Nc1ccccc1F. The molecule has 1 aromatic carbocycles. The molecule has 2 rings (SSSR count). The van der Waals surface area contributed by atoms with Gasteiger partial charge in [0, 0.05) is 25.6 Å². The highest BCUT2D eigenvalue weighted by molar-refractivity contribution is 7.09. The lowest BCUT2D eigenvalue weighted by molar-refractivity contribution is 0.0594. The monoisotopic (exact) mass is 381 g/mol. The van der Waals surface area contributed by atoms with Crippen molar-refractivity contribution in [1.82, 2.24) is 9.88 Å². The van der Waals surface area contributed by atoms with E-state index >= 15 is 0 Å². The molecule has 2 amide bonds. The van der Waals surface area contributed by atoms with E-state index in [4.69, 9.17) is 4.74 Å². The van der Waals surface area contributed by atoms with E-state index in [-0.39, 0.29) is 17.9 Å². The molecule has 0 aliphatic rings. The van der Waals surface area contributed by atoms with Gasteiger partial charge < -0.3 is 19.7 Å². The second kappa shape index (κ2) is 9.83. The molecule has 1 N–H and O–H groups in total. The molecule has 0 radical (unpaired) electrons. The van der Waals surface area contributed by atoms with Gasteiger partial charge in [-0.15, -0.1) is 11.3 Å². The molecule has 0 saturated heterocycles. The molecule has 2 aromatic rings. The molecular weight excluding hydrogens is 361 g/mol. The Morgan fingerprint density at radius 3 is 2.77 bits per heavy atom. The first-order valence-electron chi connectivity index (χ1n) is 7.87. The van der Waals surface area contributed by atoms with Crippen LogP contribution in [-0.2, 0) is 16.0 Å². The molecule has 0 aliphatic carbocycles. The summed E-state index contributed by atoms with van der Waals surface area (Å²) in [6.45, 7) is 1.06. The van der Waals surface area contributed by atoms with Crippen LogP contribution in [0.5, 0.6) is 0 Å². The average molecular weight is 381 g/mol. The number of rotatable bonds is 8. The minimum atomic E-state index is -0.533. The maximum atomic E-state index is 13.8. The van der Waals surface area contributed by atoms with Crippen LogP contribution in [0.2, 0.25) is 0 Å². The summed E-state index contributed by atoms with van der Waals surface area (Å²) in [5, 5.41) is 4.70. The van der Waals surface area contributed by atoms with Gasteiger partial charge in [-0.2, -0.15) is 0 Å². The molecule has 0 atom stereocenters. The normalized spacial score (nSPS) is 10.4. The molecule has 0 saturated carbocycles. The number of amides is 2. The van der Waals surface area contributed by atoms with Crippen molar-refractivity contribution in [1.29, 1.82) is 0 Å². The van der Waals surface area contributed by atoms with Crippen LogP contribution in [0.3, 0.4) is 0 Å². The Kier molecular flexibility index (Phi) is 7.49. The van der Waals surface area contributed by atoms with E-state index in [1.165, 1.54) is 35.5 Å². The number of thiazole rings is 1. The summed E-state index contributed by atoms with van der Waals surface area (Å²) in [7, 11) is 2.85. The number of carbonyl (C=O) groups is 2. The number of hydrogen-bond donors (Lipinski definition) is 1. The van der Waals surface area contributed by atoms with Crippen LogP contribution in [0.25, 0.3) is 0 Å². The van der Waals surface area contributed by atoms with E-state index in [0.29, 0.717) is 24.6 Å². The molecule has 0 bridgehead atoms. The Labute approximate surface area is 154 Å². The third-order valence-electron chi connectivity index (χ3n) is 3.45. The predicted molar refractivity (Wildman–Crippen MR) is 95.8 cm³/mol. The maximum Gasteiger partial charge on any atom is 0.357 e. The van der Waals surface area contributed by atoms with Gasteiger partial charge >= 0.3 is 12.0 Å². The summed E-state index contributed by atoms with van der Waals surface area (Å²) < 4.78 is 23.4. The molecule has 26 heavy (non-hydrogen) atoms. The fourth-order valence-corrected chi connectivity index (χ4v) is 2.93. The first kappa shape index (κ1) is 19.8. The molecule has 0 fully saturated rings. The lowest BCUT2D eigenvalue weighted by atomic mass is 10.3. The largest absolute Gasteiger partial charge is 0.464 e. The zero-order valence-electron chi connectivity index (χ0n) is 14.5. The summed E-state index contributed by atoms with van der Waals surface area (Å²) in [6.07, 6.45) is 0.608. The van der Waals surface area contributed by atoms with Crippen molar-refractivity contribution in [2.75, 3.05) is 32.7 Å². The van der Waals surface area contributed by atoms with Gasteiger partial charge in [-0.3, -0.25) is 0 Å². The smallest absolute Gasteiger partial charge is 0.357 e. The van der Waals surface area contributed by atoms with Gasteiger partial charge in [0.05, 0.1) is 19.3 Å². The second-order valence-electron chi connectivity index (χ2n) is 5.30. The predicted octanol–water partition coefficient (Wildman–Crippen LogP) is 3.14. The Balaban J connectivity index is 2.09. The van der Waals surface area contributed by atoms with Crippen LogP contribution in [0.15, 0.2) is 29.6 Å². The van der Waals surface area contributed by atoms with E-state index in [9.17, 15) is 14.0 Å². The third-order valence-corrected chi connectivity index (χ3v) is 4.29. The van der Waals surface area contributed by atoms with Crippen LogP contribution >= 0.6 is 11.3 Å². The quantitative estimate of drug-likeness (QED) is 0.561. The van der Waals surface area contributed by atoms with Gasteiger partial charge in [0.25, 0.3) is 0 Å². The standard InChI is InChI=1S/C17H20FN3O4S/c1-24-9-5-8-21(10-15-19-14(11-26-15)16(22)25-2)17(23)20-13-7-4-3-6-12(13)18/h3-4,6-7,11H,5,8-10H2,1-2H3,(H,20,23). The summed E-state index contributed by atoms with van der Waals surface area (Å²) in [5.74, 6) is -1.05. The second-order valence-corrected chi connectivity index (χ2v) is 6.24. The summed E-state index contributed by atoms with van der Waals surface area (Å²) >= 11 is 1.25. The van der Waals surface area contributed by atoms with Crippen LogP contribution in [0, 0.1) is 5.82 Å². The number of ether oxygens (including phenoxy) is 2. The van der Waals surface area contributed by atoms with Crippen LogP contribution in [-0.4, -0.2) is 49.3 Å². The third kappa shape index (κ3) is 5.50. The number of nitrogens with one attached hydrogen (secondary N) is 1. The van der Waals surface area contributed by atoms with Gasteiger partial charge in [-0.05, 0) is 18.6 Å². The van der Waals surface area contributed by atoms with Crippen molar-refractivity contribution in [2.24, 2.45) is 0 Å². The zero-order chi connectivity index (χ0) is 18.9. The number of halogens is 1. The fraction of sp³-hybridized carbons (Fsp3) is 0.353. The highest BCUT2D eigenvalue weighted by Crippen LogP contribution is 2.17. The number of hydrogen-bond acceptors (Lipinski definition) is 6. The van der Waals surface area contributed by atoms with E-state index in [0.717, 1.165) is 0 Å². The van der Waals surface area contributed by atoms with Gasteiger partial charge in [0.15, 0.2) is 5.69 Å². The number of anilines is 1. The van der Waals surface area contributed by atoms with Gasteiger partial charge in [0.2, 0.25) is 0 Å². The molecule has 9 heteroatoms. The fourth-order valence-electron chi connectivity index (χ4n) is 2.15. The number of methoxy groups -OCH3 is 2. The number of esters is 1. The number of urea groups is 1.